The van der Waals surface area contributed by atoms with Gasteiger partial charge in [-0.3, -0.25) is 0 Å². The van der Waals surface area contributed by atoms with Gasteiger partial charge in [0.2, 0.25) is 0 Å². The van der Waals surface area contributed by atoms with Gasteiger partial charge >= 0.3 is 5.97 Å². The number of carboxylic acid groups (broad SMARTS) is 1. The van der Waals surface area contributed by atoms with Crippen molar-refractivity contribution in [2.45, 2.75) is 58.1 Å². The third-order valence-electron chi connectivity index (χ3n) is 6.73. The number of benzene rings is 1. The molecule has 10 heteroatoms. The van der Waals surface area contributed by atoms with E-state index in [9.17, 15) is 9.90 Å². The van der Waals surface area contributed by atoms with Crippen molar-refractivity contribution in [3.63, 3.8) is 0 Å². The Morgan fingerprint density at radius 2 is 1.67 bits per heavy atom. The van der Waals surface area contributed by atoms with Gasteiger partial charge in [0.25, 0.3) is 0 Å². The molecule has 2 aliphatic heterocycles. The highest BCUT2D eigenvalue weighted by atomic mass is 35.5. The number of piperidine rings is 2. The molecule has 0 radical (unpaired) electrons. The minimum absolute atomic E-state index is 0. The van der Waals surface area contributed by atoms with Gasteiger partial charge in [-0.2, -0.15) is 0 Å². The summed E-state index contributed by atoms with van der Waals surface area (Å²) in [6, 6.07) is 7.61. The topological polar surface area (TPSA) is 115 Å². The number of aliphatic hydroxyl groups is 1. The van der Waals surface area contributed by atoms with Gasteiger partial charge in [0.05, 0.1) is 12.7 Å². The first-order chi connectivity index (χ1) is 16.3. The van der Waals surface area contributed by atoms with E-state index in [2.05, 4.69) is 28.6 Å². The minimum Gasteiger partial charge on any atom is -0.493 e. The number of rotatable bonds is 8. The fourth-order valence-electron chi connectivity index (χ4n) is 4.38. The van der Waals surface area contributed by atoms with Gasteiger partial charge in [-0.15, -0.1) is 24.8 Å². The highest BCUT2D eigenvalue weighted by molar-refractivity contribution is 5.96. The quantitative estimate of drug-likeness (QED) is 0.395. The molecule has 2 aromatic rings. The molecule has 3 heterocycles. The van der Waals surface area contributed by atoms with Crippen LogP contribution in [-0.2, 0) is 0 Å². The van der Waals surface area contributed by atoms with E-state index in [0.717, 1.165) is 81.5 Å². The van der Waals surface area contributed by atoms with Gasteiger partial charge < -0.3 is 35.5 Å². The lowest BCUT2D eigenvalue weighted by atomic mass is 10.1. The van der Waals surface area contributed by atoms with Crippen molar-refractivity contribution in [1.29, 1.82) is 0 Å². The van der Waals surface area contributed by atoms with Gasteiger partial charge in [0.1, 0.15) is 11.4 Å². The van der Waals surface area contributed by atoms with Gasteiger partial charge in [-0.05, 0) is 69.3 Å². The summed E-state index contributed by atoms with van der Waals surface area (Å²) in [7, 11) is 0. The van der Waals surface area contributed by atoms with Crippen molar-refractivity contribution in [1.82, 2.24) is 14.8 Å². The zero-order valence-corrected chi connectivity index (χ0v) is 23.2. The Bertz CT molecular complexity index is 873. The number of carbonyl (C=O) groups is 1. The van der Waals surface area contributed by atoms with Crippen molar-refractivity contribution < 1.29 is 19.7 Å². The van der Waals surface area contributed by atoms with Crippen LogP contribution in [-0.4, -0.2) is 89.0 Å². The van der Waals surface area contributed by atoms with E-state index >= 15 is 0 Å². The van der Waals surface area contributed by atoms with Crippen LogP contribution in [0.1, 0.15) is 56.4 Å². The molecule has 0 bridgehead atoms. The van der Waals surface area contributed by atoms with Gasteiger partial charge in [-0.25, -0.2) is 4.79 Å². The predicted octanol–water partition coefficient (Wildman–Crippen LogP) is 4.00. The molecule has 0 unspecified atom stereocenters. The molecule has 36 heavy (non-hydrogen) atoms. The molecule has 2 aliphatic rings. The highest BCUT2D eigenvalue weighted by Gasteiger charge is 2.19. The number of aromatic amines is 1. The van der Waals surface area contributed by atoms with Crippen molar-refractivity contribution in [3.05, 3.63) is 30.0 Å². The Balaban J connectivity index is 0.000000343. The summed E-state index contributed by atoms with van der Waals surface area (Å²) < 4.78 is 5.71. The first kappa shape index (κ1) is 32.5. The number of hydrogen-bond acceptors (Lipinski definition) is 6. The Morgan fingerprint density at radius 1 is 1.08 bits per heavy atom. The maximum Gasteiger partial charge on any atom is 0.352 e. The standard InChI is InChI=1S/C14H17NO3.C12H25N3O.2ClH/c1-9(2)6-7-18-13-5-3-4-11-10(13)8-12(15-11)14(16)17;13-11-1-5-14(6-2-11)9-10-15-7-3-12(16)4-8-15;;/h3-5,8-9,15H,6-7H2,1-2H3,(H,16,17);11-12,16H,1-10,13H2;2*1H. The van der Waals surface area contributed by atoms with Crippen LogP contribution in [0.15, 0.2) is 24.3 Å². The van der Waals surface area contributed by atoms with Crippen molar-refractivity contribution in [2.75, 3.05) is 45.9 Å². The molecule has 0 saturated carbocycles. The number of aromatic nitrogens is 1. The number of aliphatic hydroxyl groups excluding tert-OH is 1. The molecule has 206 valence electrons. The van der Waals surface area contributed by atoms with Crippen LogP contribution in [0.3, 0.4) is 0 Å². The van der Waals surface area contributed by atoms with Crippen LogP contribution in [0.5, 0.6) is 5.75 Å². The summed E-state index contributed by atoms with van der Waals surface area (Å²) in [6.45, 7) is 11.7. The van der Waals surface area contributed by atoms with Crippen molar-refractivity contribution in [3.8, 4) is 5.75 Å². The first-order valence-electron chi connectivity index (χ1n) is 12.7. The van der Waals surface area contributed by atoms with E-state index in [-0.39, 0.29) is 36.6 Å². The molecular weight excluding hydrogens is 503 g/mol. The number of fused-ring (bicyclic) bond motifs is 1. The van der Waals surface area contributed by atoms with E-state index in [4.69, 9.17) is 15.6 Å². The van der Waals surface area contributed by atoms with Crippen LogP contribution in [0.2, 0.25) is 0 Å². The number of nitrogens with two attached hydrogens (primary N) is 1. The van der Waals surface area contributed by atoms with E-state index in [1.165, 1.54) is 6.54 Å². The summed E-state index contributed by atoms with van der Waals surface area (Å²) in [6.07, 6.45) is 5.13. The number of nitrogens with one attached hydrogen (secondary N) is 1. The third kappa shape index (κ3) is 10.4. The Morgan fingerprint density at radius 3 is 2.22 bits per heavy atom. The Hall–Kier alpha value is -1.55. The molecule has 5 N–H and O–H groups in total. The molecule has 1 aromatic carbocycles. The fourth-order valence-corrected chi connectivity index (χ4v) is 4.38. The smallest absolute Gasteiger partial charge is 0.352 e. The minimum atomic E-state index is -0.959. The van der Waals surface area contributed by atoms with Crippen LogP contribution >= 0.6 is 24.8 Å². The number of halogens is 2. The molecule has 2 saturated heterocycles. The molecule has 0 aliphatic carbocycles. The second-order valence-electron chi connectivity index (χ2n) is 9.99. The fraction of sp³-hybridized carbons (Fsp3) is 0.654. The number of carboxylic acids is 1. The van der Waals surface area contributed by atoms with Gasteiger partial charge in [-0.1, -0.05) is 19.9 Å². The number of nitrogens with zero attached hydrogens (tertiary/aromatic N) is 2. The highest BCUT2D eigenvalue weighted by Crippen LogP contribution is 2.26. The van der Waals surface area contributed by atoms with Crippen LogP contribution < -0.4 is 10.5 Å². The number of ether oxygens (including phenoxy) is 1. The number of hydrogen-bond donors (Lipinski definition) is 4. The van der Waals surface area contributed by atoms with Crippen molar-refractivity contribution in [2.24, 2.45) is 11.7 Å². The average molecular weight is 548 g/mol. The molecular formula is C26H44Cl2N4O4. The predicted molar refractivity (Wildman–Crippen MR) is 150 cm³/mol. The van der Waals surface area contributed by atoms with E-state index in [1.807, 2.05) is 18.2 Å². The van der Waals surface area contributed by atoms with E-state index < -0.39 is 5.97 Å². The second kappa shape index (κ2) is 16.3. The zero-order valence-electron chi connectivity index (χ0n) is 21.5. The first-order valence-corrected chi connectivity index (χ1v) is 12.7. The lowest BCUT2D eigenvalue weighted by molar-refractivity contribution is 0.0691. The molecule has 0 spiro atoms. The average Bonchev–Trinajstić information content (AvgIpc) is 3.26. The third-order valence-corrected chi connectivity index (χ3v) is 6.73. The molecule has 2 fully saturated rings. The maximum atomic E-state index is 10.9. The normalized spacial score (nSPS) is 17.7. The van der Waals surface area contributed by atoms with Gasteiger partial charge in [0.15, 0.2) is 0 Å². The molecule has 4 rings (SSSR count). The van der Waals surface area contributed by atoms with E-state index in [1.54, 1.807) is 6.07 Å². The second-order valence-corrected chi connectivity index (χ2v) is 9.99. The maximum absolute atomic E-state index is 10.9. The largest absolute Gasteiger partial charge is 0.493 e. The summed E-state index contributed by atoms with van der Waals surface area (Å²) >= 11 is 0. The summed E-state index contributed by atoms with van der Waals surface area (Å²) in [4.78, 5) is 18.8. The van der Waals surface area contributed by atoms with Crippen LogP contribution in [0.25, 0.3) is 10.9 Å². The summed E-state index contributed by atoms with van der Waals surface area (Å²) in [5.41, 5.74) is 6.86. The van der Waals surface area contributed by atoms with Crippen molar-refractivity contribution >= 4 is 41.7 Å². The Labute approximate surface area is 227 Å². The van der Waals surface area contributed by atoms with Crippen LogP contribution in [0.4, 0.5) is 0 Å². The lowest BCUT2D eigenvalue weighted by Gasteiger charge is -2.34. The number of aromatic carboxylic acids is 1. The number of likely N-dealkylation sites (tertiary alicyclic amines) is 2. The molecule has 1 aromatic heterocycles. The summed E-state index contributed by atoms with van der Waals surface area (Å²) in [5, 5.41) is 19.2. The molecule has 8 nitrogen and oxygen atoms in total. The molecule has 0 atom stereocenters. The SMILES string of the molecule is CC(C)CCOc1cccc2[nH]c(C(=O)O)cc12.Cl.Cl.NC1CCN(CCN2CCC(O)CC2)CC1. The Kier molecular flexibility index (Phi) is 14.7. The summed E-state index contributed by atoms with van der Waals surface area (Å²) in [5.74, 6) is 0.362. The van der Waals surface area contributed by atoms with E-state index in [0.29, 0.717) is 18.6 Å². The lowest BCUT2D eigenvalue weighted by Crippen LogP contribution is -2.45. The molecule has 0 amide bonds. The monoisotopic (exact) mass is 546 g/mol. The number of H-pyrrole nitrogens is 1. The van der Waals surface area contributed by atoms with Gasteiger partial charge in [0, 0.05) is 43.1 Å². The zero-order chi connectivity index (χ0) is 24.5. The van der Waals surface area contributed by atoms with Crippen LogP contribution in [0, 0.1) is 5.92 Å².